The highest BCUT2D eigenvalue weighted by molar-refractivity contribution is 6.12. The minimum atomic E-state index is -4.81. The summed E-state index contributed by atoms with van der Waals surface area (Å²) in [5.41, 5.74) is -4.27. The average Bonchev–Trinajstić information content (AvgIpc) is 3.30. The van der Waals surface area contributed by atoms with Gasteiger partial charge in [-0.1, -0.05) is 5.16 Å². The molecule has 0 unspecified atom stereocenters. The van der Waals surface area contributed by atoms with E-state index in [2.05, 4.69) is 5.16 Å². The van der Waals surface area contributed by atoms with Crippen molar-refractivity contribution < 1.29 is 36.9 Å². The summed E-state index contributed by atoms with van der Waals surface area (Å²) in [5.74, 6) is -1.69. The van der Waals surface area contributed by atoms with E-state index < -0.39 is 45.1 Å². The zero-order valence-electron chi connectivity index (χ0n) is 14.4. The number of alkyl halides is 3. The van der Waals surface area contributed by atoms with Gasteiger partial charge in [-0.05, 0) is 31.9 Å². The maximum atomic E-state index is 12.8. The number of rotatable bonds is 6. The van der Waals surface area contributed by atoms with Crippen molar-refractivity contribution in [3.63, 3.8) is 0 Å². The summed E-state index contributed by atoms with van der Waals surface area (Å²) in [6.45, 7) is 1.70. The van der Waals surface area contributed by atoms with Gasteiger partial charge >= 0.3 is 12.1 Å². The maximum Gasteiger partial charge on any atom is 0.416 e. The summed E-state index contributed by atoms with van der Waals surface area (Å²) in [4.78, 5) is 35.2. The molecule has 0 spiro atoms. The van der Waals surface area contributed by atoms with Crippen LogP contribution in [-0.2, 0) is 21.1 Å². The predicted molar refractivity (Wildman–Crippen MR) is 85.6 cm³/mol. The van der Waals surface area contributed by atoms with Gasteiger partial charge in [0.1, 0.15) is 11.0 Å². The first-order chi connectivity index (χ1) is 13.1. The third kappa shape index (κ3) is 3.23. The van der Waals surface area contributed by atoms with E-state index in [4.69, 9.17) is 9.26 Å². The molecule has 0 saturated heterocycles. The molecule has 0 aliphatic heterocycles. The molecule has 0 amide bonds. The van der Waals surface area contributed by atoms with Crippen molar-refractivity contribution in [3.05, 3.63) is 57.0 Å². The number of nitro benzene ring substituents is 1. The molecule has 3 rings (SSSR count). The van der Waals surface area contributed by atoms with Gasteiger partial charge in [-0.2, -0.15) is 13.2 Å². The standard InChI is InChI=1S/C17H13F3N2O6/c1-2-27-15(24)16(5-6-16)14-11(8-21-28-14)13(23)10-4-3-9(17(18,19)20)7-12(10)22(25)26/h3-4,7-8H,2,5-6H2,1H3. The van der Waals surface area contributed by atoms with E-state index >= 15 is 0 Å². The van der Waals surface area contributed by atoms with Crippen molar-refractivity contribution in [2.24, 2.45) is 0 Å². The number of hydrogen-bond acceptors (Lipinski definition) is 7. The van der Waals surface area contributed by atoms with Crippen LogP contribution in [0.4, 0.5) is 18.9 Å². The summed E-state index contributed by atoms with van der Waals surface area (Å²) >= 11 is 0. The molecule has 1 aromatic heterocycles. The van der Waals surface area contributed by atoms with Crippen molar-refractivity contribution in [1.82, 2.24) is 5.16 Å². The molecule has 1 aliphatic rings. The monoisotopic (exact) mass is 398 g/mol. The molecule has 1 heterocycles. The number of benzene rings is 1. The normalized spacial score (nSPS) is 15.1. The van der Waals surface area contributed by atoms with Crippen molar-refractivity contribution in [3.8, 4) is 0 Å². The molecule has 0 N–H and O–H groups in total. The molecule has 1 fully saturated rings. The van der Waals surface area contributed by atoms with Crippen LogP contribution in [0.25, 0.3) is 0 Å². The number of ketones is 1. The van der Waals surface area contributed by atoms with E-state index in [0.29, 0.717) is 25.0 Å². The van der Waals surface area contributed by atoms with Crippen LogP contribution in [0.2, 0.25) is 0 Å². The van der Waals surface area contributed by atoms with Gasteiger partial charge in [0.05, 0.1) is 28.9 Å². The van der Waals surface area contributed by atoms with Gasteiger partial charge in [0.15, 0.2) is 5.76 Å². The Morgan fingerprint density at radius 2 is 2.00 bits per heavy atom. The van der Waals surface area contributed by atoms with Gasteiger partial charge in [-0.3, -0.25) is 19.7 Å². The minimum absolute atomic E-state index is 0.0996. The first-order valence-electron chi connectivity index (χ1n) is 8.14. The third-order valence-electron chi connectivity index (χ3n) is 4.43. The Labute approximate surface area is 155 Å². The number of carbonyl (C=O) groups excluding carboxylic acids is 2. The molecule has 2 aromatic rings. The summed E-state index contributed by atoms with van der Waals surface area (Å²) in [6.07, 6.45) is -3.16. The molecule has 148 valence electrons. The van der Waals surface area contributed by atoms with Gasteiger partial charge in [0.25, 0.3) is 5.69 Å². The molecule has 1 aromatic carbocycles. The summed E-state index contributed by atoms with van der Waals surface area (Å²) in [6, 6.07) is 1.59. The van der Waals surface area contributed by atoms with E-state index in [1.807, 2.05) is 0 Å². The van der Waals surface area contributed by atoms with Crippen LogP contribution < -0.4 is 0 Å². The Balaban J connectivity index is 2.05. The Hall–Kier alpha value is -3.24. The largest absolute Gasteiger partial charge is 0.465 e. The Kier molecular flexibility index (Phi) is 4.69. The lowest BCUT2D eigenvalue weighted by atomic mass is 9.94. The second-order valence-electron chi connectivity index (χ2n) is 6.19. The van der Waals surface area contributed by atoms with Gasteiger partial charge in [-0.25, -0.2) is 0 Å². The number of nitro groups is 1. The summed E-state index contributed by atoms with van der Waals surface area (Å²) < 4.78 is 48.6. The molecule has 0 radical (unpaired) electrons. The van der Waals surface area contributed by atoms with Crippen LogP contribution in [0.3, 0.4) is 0 Å². The zero-order valence-corrected chi connectivity index (χ0v) is 14.4. The number of carbonyl (C=O) groups is 2. The highest BCUT2D eigenvalue weighted by atomic mass is 19.4. The van der Waals surface area contributed by atoms with Crippen LogP contribution in [-0.4, -0.2) is 28.4 Å². The predicted octanol–water partition coefficient (Wildman–Crippen LogP) is 3.43. The fraction of sp³-hybridized carbons (Fsp3) is 0.353. The van der Waals surface area contributed by atoms with Crippen LogP contribution >= 0.6 is 0 Å². The lowest BCUT2D eigenvalue weighted by molar-refractivity contribution is -0.385. The number of halogens is 3. The minimum Gasteiger partial charge on any atom is -0.465 e. The number of ether oxygens (including phenoxy) is 1. The summed E-state index contributed by atoms with van der Waals surface area (Å²) in [5, 5.41) is 14.7. The van der Waals surface area contributed by atoms with Gasteiger partial charge in [0.2, 0.25) is 5.78 Å². The fourth-order valence-corrected chi connectivity index (χ4v) is 2.86. The first-order valence-corrected chi connectivity index (χ1v) is 8.14. The molecule has 28 heavy (non-hydrogen) atoms. The molecule has 1 saturated carbocycles. The SMILES string of the molecule is CCOC(=O)C1(c2oncc2C(=O)c2ccc(C(F)(F)F)cc2[N+](=O)[O-])CC1. The van der Waals surface area contributed by atoms with Crippen LogP contribution in [0.5, 0.6) is 0 Å². The number of esters is 1. The van der Waals surface area contributed by atoms with E-state index in [9.17, 15) is 32.9 Å². The van der Waals surface area contributed by atoms with Crippen LogP contribution in [0.1, 0.15) is 47.0 Å². The lowest BCUT2D eigenvalue weighted by Crippen LogP contribution is -2.25. The second kappa shape index (κ2) is 6.73. The molecule has 1 aliphatic carbocycles. The Bertz CT molecular complexity index is 962. The summed E-state index contributed by atoms with van der Waals surface area (Å²) in [7, 11) is 0. The molecule has 0 bridgehead atoms. The smallest absolute Gasteiger partial charge is 0.416 e. The Morgan fingerprint density at radius 3 is 2.54 bits per heavy atom. The van der Waals surface area contributed by atoms with Crippen molar-refractivity contribution >= 4 is 17.4 Å². The maximum absolute atomic E-state index is 12.8. The zero-order chi connectivity index (χ0) is 20.7. The number of nitrogens with zero attached hydrogens (tertiary/aromatic N) is 2. The van der Waals surface area contributed by atoms with E-state index in [1.54, 1.807) is 6.92 Å². The van der Waals surface area contributed by atoms with Gasteiger partial charge in [-0.15, -0.1) is 0 Å². The van der Waals surface area contributed by atoms with E-state index in [-0.39, 0.29) is 17.9 Å². The molecular formula is C17H13F3N2O6. The lowest BCUT2D eigenvalue weighted by Gasteiger charge is -2.12. The Morgan fingerprint density at radius 1 is 1.32 bits per heavy atom. The second-order valence-corrected chi connectivity index (χ2v) is 6.19. The third-order valence-corrected chi connectivity index (χ3v) is 4.43. The topological polar surface area (TPSA) is 113 Å². The van der Waals surface area contributed by atoms with Gasteiger partial charge in [0, 0.05) is 6.07 Å². The quantitative estimate of drug-likeness (QED) is 0.317. The van der Waals surface area contributed by atoms with Gasteiger partial charge < -0.3 is 9.26 Å². The average molecular weight is 398 g/mol. The van der Waals surface area contributed by atoms with Crippen LogP contribution in [0.15, 0.2) is 28.9 Å². The van der Waals surface area contributed by atoms with Crippen LogP contribution in [0, 0.1) is 10.1 Å². The van der Waals surface area contributed by atoms with E-state index in [1.165, 1.54) is 0 Å². The molecule has 8 nitrogen and oxygen atoms in total. The number of aromatic nitrogens is 1. The highest BCUT2D eigenvalue weighted by Crippen LogP contribution is 2.50. The highest BCUT2D eigenvalue weighted by Gasteiger charge is 2.58. The van der Waals surface area contributed by atoms with Crippen molar-refractivity contribution in [1.29, 1.82) is 0 Å². The molecule has 11 heteroatoms. The van der Waals surface area contributed by atoms with E-state index in [0.717, 1.165) is 12.3 Å². The first kappa shape index (κ1) is 19.5. The number of hydrogen-bond donors (Lipinski definition) is 0. The van der Waals surface area contributed by atoms with Crippen molar-refractivity contribution in [2.45, 2.75) is 31.4 Å². The molecule has 0 atom stereocenters. The fourth-order valence-electron chi connectivity index (χ4n) is 2.86. The molecular weight excluding hydrogens is 385 g/mol. The van der Waals surface area contributed by atoms with Crippen molar-refractivity contribution in [2.75, 3.05) is 6.61 Å².